The molecular weight excluding hydrogens is 632 g/mol. The van der Waals surface area contributed by atoms with Gasteiger partial charge in [-0.1, -0.05) is 81.9 Å². The number of Topliss-reactive ketones (excluding diaryl/α,β-unsaturated/α-hetero) is 1. The number of rotatable bonds is 9. The molecule has 11 heteroatoms. The number of allylic oxidation sites excluding steroid dienone is 1. The molecule has 0 aliphatic carbocycles. The first-order chi connectivity index (χ1) is 23.7. The van der Waals surface area contributed by atoms with E-state index in [0.717, 1.165) is 63.4 Å². The molecule has 0 unspecified atom stereocenters. The van der Waals surface area contributed by atoms with Gasteiger partial charge < -0.3 is 33.5 Å². The Bertz CT molecular complexity index is 1230. The third-order valence-corrected chi connectivity index (χ3v) is 8.67. The number of carbonyl (C=O) groups excluding carboxylic acids is 4. The van der Waals surface area contributed by atoms with Gasteiger partial charge in [0.15, 0.2) is 18.5 Å². The lowest BCUT2D eigenvalue weighted by molar-refractivity contribution is -0.306. The Kier molecular flexibility index (Phi) is 18.3. The second-order valence-corrected chi connectivity index (χ2v) is 12.6. The Hall–Kier alpha value is -3.38. The summed E-state index contributed by atoms with van der Waals surface area (Å²) in [5.74, 6) is -2.17. The summed E-state index contributed by atoms with van der Waals surface area (Å²) in [6.45, 7) is 5.28. The predicted molar refractivity (Wildman–Crippen MR) is 182 cm³/mol. The van der Waals surface area contributed by atoms with E-state index < -0.39 is 55.2 Å². The molecule has 2 heterocycles. The Morgan fingerprint density at radius 1 is 0.939 bits per heavy atom. The lowest BCUT2D eigenvalue weighted by Crippen LogP contribution is -2.62. The number of carbonyl (C=O) groups is 4. The van der Waals surface area contributed by atoms with Crippen LogP contribution in [0.3, 0.4) is 0 Å². The number of esters is 3. The number of aliphatic hydroxyl groups is 1. The van der Waals surface area contributed by atoms with E-state index in [9.17, 15) is 24.3 Å². The summed E-state index contributed by atoms with van der Waals surface area (Å²) in [5, 5.41) is 11.4. The van der Waals surface area contributed by atoms with Crippen molar-refractivity contribution >= 4 is 29.8 Å². The number of hydrogen-bond donors (Lipinski definition) is 1. The molecular formula is C38H54O11. The first-order valence-electron chi connectivity index (χ1n) is 17.7. The van der Waals surface area contributed by atoms with E-state index in [1.165, 1.54) is 6.08 Å². The molecule has 0 saturated carbocycles. The molecule has 1 aromatic carbocycles. The molecule has 2 bridgehead atoms. The summed E-state index contributed by atoms with van der Waals surface area (Å²) in [6, 6.07) is 9.10. The van der Waals surface area contributed by atoms with Gasteiger partial charge in [-0.05, 0) is 44.7 Å². The molecule has 272 valence electrons. The van der Waals surface area contributed by atoms with Gasteiger partial charge in [0.1, 0.15) is 24.6 Å². The van der Waals surface area contributed by atoms with Gasteiger partial charge in [0.25, 0.3) is 0 Å². The Labute approximate surface area is 290 Å². The van der Waals surface area contributed by atoms with Gasteiger partial charge in [-0.15, -0.1) is 0 Å². The first-order valence-corrected chi connectivity index (χ1v) is 17.7. The minimum absolute atomic E-state index is 0.0130. The summed E-state index contributed by atoms with van der Waals surface area (Å²) in [4.78, 5) is 51.2. The number of hydrogen-bond acceptors (Lipinski definition) is 11. The molecule has 2 aliphatic rings. The highest BCUT2D eigenvalue weighted by atomic mass is 16.7. The molecule has 1 aromatic rings. The quantitative estimate of drug-likeness (QED) is 0.146. The molecule has 0 aromatic heterocycles. The van der Waals surface area contributed by atoms with Crippen LogP contribution in [0.5, 0.6) is 0 Å². The van der Waals surface area contributed by atoms with Gasteiger partial charge in [-0.25, -0.2) is 9.59 Å². The fourth-order valence-electron chi connectivity index (χ4n) is 5.65. The van der Waals surface area contributed by atoms with Crippen molar-refractivity contribution in [3.8, 4) is 0 Å². The first kappa shape index (κ1) is 40.1. The van der Waals surface area contributed by atoms with Crippen LogP contribution in [0.2, 0.25) is 0 Å². The van der Waals surface area contributed by atoms with Crippen LogP contribution in [0, 0.1) is 0 Å². The van der Waals surface area contributed by atoms with Gasteiger partial charge in [-0.2, -0.15) is 0 Å². The minimum Gasteiger partial charge on any atom is -0.463 e. The normalized spacial score (nSPS) is 27.2. The maximum atomic E-state index is 13.1. The van der Waals surface area contributed by atoms with Crippen LogP contribution in [0.25, 0.3) is 6.08 Å². The standard InChI is InChI=1S/C38H54O11/c1-4-6-10-18-30-19-14-8-7-13-17-29(39)21-23-32(40)46-26-31-35(48-33(41)22-20-28-15-11-9-12-16-28)36(49-37(43)27(3)5-2)34(42)38(47-31)45-25-24-44-30/h5,9,11-12,15-16,20,22,30-31,34-36,38,42H,4,6-8,10,13-14,17-19,21,23-26H2,1-3H3/b22-20+,27-5+/t30-,31+,34+,35+,36+,38+/m0/s1. The van der Waals surface area contributed by atoms with E-state index in [2.05, 4.69) is 6.92 Å². The molecule has 49 heavy (non-hydrogen) atoms. The van der Waals surface area contributed by atoms with Crippen LogP contribution in [0.4, 0.5) is 0 Å². The van der Waals surface area contributed by atoms with E-state index in [-0.39, 0.29) is 43.5 Å². The number of benzene rings is 1. The summed E-state index contributed by atoms with van der Waals surface area (Å²) >= 11 is 0. The third kappa shape index (κ3) is 14.6. The third-order valence-electron chi connectivity index (χ3n) is 8.67. The Morgan fingerprint density at radius 2 is 1.69 bits per heavy atom. The van der Waals surface area contributed by atoms with Gasteiger partial charge in [0, 0.05) is 24.5 Å². The fraction of sp³-hybridized carbons (Fsp3) is 0.632. The van der Waals surface area contributed by atoms with Crippen LogP contribution in [-0.2, 0) is 47.6 Å². The number of ketones is 1. The molecule has 0 spiro atoms. The molecule has 0 amide bonds. The zero-order chi connectivity index (χ0) is 35.4. The Morgan fingerprint density at radius 3 is 2.45 bits per heavy atom. The van der Waals surface area contributed by atoms with Crippen molar-refractivity contribution < 1.29 is 52.7 Å². The number of aliphatic hydroxyl groups excluding tert-OH is 1. The second kappa shape index (κ2) is 22.4. The fourth-order valence-corrected chi connectivity index (χ4v) is 5.65. The molecule has 2 fully saturated rings. The van der Waals surface area contributed by atoms with Crippen LogP contribution < -0.4 is 0 Å². The lowest BCUT2D eigenvalue weighted by Gasteiger charge is -2.43. The monoisotopic (exact) mass is 686 g/mol. The van der Waals surface area contributed by atoms with Crippen molar-refractivity contribution in [1.82, 2.24) is 0 Å². The predicted octanol–water partition coefficient (Wildman–Crippen LogP) is 5.80. The lowest BCUT2D eigenvalue weighted by atomic mass is 9.98. The number of fused-ring (bicyclic) bond motifs is 2. The van der Waals surface area contributed by atoms with E-state index in [4.69, 9.17) is 28.4 Å². The smallest absolute Gasteiger partial charge is 0.333 e. The van der Waals surface area contributed by atoms with E-state index >= 15 is 0 Å². The van der Waals surface area contributed by atoms with Crippen LogP contribution in [0.1, 0.15) is 103 Å². The maximum absolute atomic E-state index is 13.1. The van der Waals surface area contributed by atoms with E-state index in [1.54, 1.807) is 38.1 Å². The van der Waals surface area contributed by atoms with E-state index in [1.807, 2.05) is 18.2 Å². The van der Waals surface area contributed by atoms with E-state index in [0.29, 0.717) is 6.42 Å². The summed E-state index contributed by atoms with van der Waals surface area (Å²) in [6.07, 6.45) is 6.60. The van der Waals surface area contributed by atoms with Crippen LogP contribution >= 0.6 is 0 Å². The average Bonchev–Trinajstić information content (AvgIpc) is 3.10. The topological polar surface area (TPSA) is 144 Å². The largest absolute Gasteiger partial charge is 0.463 e. The van der Waals surface area contributed by atoms with Gasteiger partial charge in [0.2, 0.25) is 0 Å². The summed E-state index contributed by atoms with van der Waals surface area (Å²) in [7, 11) is 0. The zero-order valence-electron chi connectivity index (χ0n) is 29.2. The zero-order valence-corrected chi connectivity index (χ0v) is 29.2. The highest BCUT2D eigenvalue weighted by molar-refractivity contribution is 5.88. The van der Waals surface area contributed by atoms with Gasteiger partial charge >= 0.3 is 17.9 Å². The molecule has 1 N–H and O–H groups in total. The Balaban J connectivity index is 1.84. The number of unbranched alkanes of at least 4 members (excludes halogenated alkanes) is 2. The number of cyclic esters (lactones) is 1. The van der Waals surface area contributed by atoms with Crippen LogP contribution in [0.15, 0.2) is 48.1 Å². The van der Waals surface area contributed by atoms with Crippen molar-refractivity contribution in [2.75, 3.05) is 19.8 Å². The SMILES string of the molecule is C/C=C(\C)C(=O)O[C@@H]1[C@@H](O)[C@@H]2OCCO[C@@H](CCCCC)CCCCCCC(=O)CCC(=O)OC[C@@H](O2)[C@H]1OC(=O)/C=C/c1ccccc1. The van der Waals surface area contributed by atoms with Gasteiger partial charge in [0.05, 0.1) is 25.7 Å². The maximum Gasteiger partial charge on any atom is 0.333 e. The molecule has 3 rings (SSSR count). The molecule has 6 atom stereocenters. The average molecular weight is 687 g/mol. The van der Waals surface area contributed by atoms with Crippen molar-refractivity contribution in [2.45, 2.75) is 135 Å². The molecule has 0 radical (unpaired) electrons. The van der Waals surface area contributed by atoms with Crippen molar-refractivity contribution in [3.63, 3.8) is 0 Å². The summed E-state index contributed by atoms with van der Waals surface area (Å²) < 4.78 is 35.1. The second-order valence-electron chi connectivity index (χ2n) is 12.6. The molecule has 2 saturated heterocycles. The minimum atomic E-state index is -1.56. The highest BCUT2D eigenvalue weighted by Gasteiger charge is 2.50. The van der Waals surface area contributed by atoms with Crippen LogP contribution in [-0.4, -0.2) is 85.4 Å². The molecule has 2 aliphatic heterocycles. The van der Waals surface area contributed by atoms with Gasteiger partial charge in [-0.3, -0.25) is 9.59 Å². The molecule has 11 nitrogen and oxygen atoms in total. The highest BCUT2D eigenvalue weighted by Crippen LogP contribution is 2.29. The van der Waals surface area contributed by atoms with Crippen molar-refractivity contribution in [2.24, 2.45) is 0 Å². The van der Waals surface area contributed by atoms with Crippen molar-refractivity contribution in [3.05, 3.63) is 53.6 Å². The van der Waals surface area contributed by atoms with Crippen molar-refractivity contribution in [1.29, 1.82) is 0 Å². The number of ether oxygens (including phenoxy) is 6. The summed E-state index contributed by atoms with van der Waals surface area (Å²) in [5.41, 5.74) is 1.02.